The maximum atomic E-state index is 11.9. The number of hydrogen-bond acceptors (Lipinski definition) is 13. The van der Waals surface area contributed by atoms with Crippen molar-refractivity contribution >= 4 is 17.8 Å². The minimum Gasteiger partial charge on any atom is -0.463 e. The number of unbranched alkanes of at least 4 members (excludes halogenated alkanes) is 12. The Balaban J connectivity index is 1.64. The molecule has 0 aromatic carbocycles. The van der Waals surface area contributed by atoms with Gasteiger partial charge in [-0.2, -0.15) is 0 Å². The van der Waals surface area contributed by atoms with Crippen LogP contribution in [0.2, 0.25) is 0 Å². The zero-order valence-corrected chi connectivity index (χ0v) is 33.5. The van der Waals surface area contributed by atoms with Crippen molar-refractivity contribution in [3.05, 3.63) is 12.2 Å². The van der Waals surface area contributed by atoms with Crippen molar-refractivity contribution in [3.8, 4) is 0 Å². The summed E-state index contributed by atoms with van der Waals surface area (Å²) in [6, 6.07) is 0. The SMILES string of the molecule is CCCCCCCCCCCCCCCC(=O)OCCOCCOCCOCCOCCOCCOCCOCCOCCOCCN1C(=O)C=CC1=O. The van der Waals surface area contributed by atoms with Gasteiger partial charge in [-0.15, -0.1) is 0 Å². The summed E-state index contributed by atoms with van der Waals surface area (Å²) in [5, 5.41) is 0. The third-order valence-corrected chi connectivity index (χ3v) is 8.31. The number of esters is 1. The van der Waals surface area contributed by atoms with Gasteiger partial charge in [0.2, 0.25) is 0 Å². The molecule has 0 fully saturated rings. The van der Waals surface area contributed by atoms with Crippen molar-refractivity contribution in [3.63, 3.8) is 0 Å². The first-order valence-corrected chi connectivity index (χ1v) is 20.5. The van der Waals surface area contributed by atoms with Crippen LogP contribution in [0, 0.1) is 0 Å². The fourth-order valence-corrected chi connectivity index (χ4v) is 5.24. The van der Waals surface area contributed by atoms with Crippen LogP contribution in [0.5, 0.6) is 0 Å². The second kappa shape index (κ2) is 40.6. The van der Waals surface area contributed by atoms with Gasteiger partial charge >= 0.3 is 5.97 Å². The first-order valence-electron chi connectivity index (χ1n) is 20.5. The van der Waals surface area contributed by atoms with Gasteiger partial charge in [0.25, 0.3) is 11.8 Å². The Kier molecular flexibility index (Phi) is 37.6. The van der Waals surface area contributed by atoms with Gasteiger partial charge in [0, 0.05) is 18.6 Å². The standard InChI is InChI=1S/C40H73NO13/c1-2-3-4-5-6-7-8-9-10-11-12-13-14-15-40(44)54-37-36-53-35-34-52-33-32-51-31-30-50-29-28-49-27-26-48-25-24-47-23-22-46-21-20-45-19-18-41-38(42)16-17-39(41)43/h16-17H,2-15,18-37H2,1H3. The highest BCUT2D eigenvalue weighted by Crippen LogP contribution is 2.13. The van der Waals surface area contributed by atoms with Gasteiger partial charge in [0.05, 0.1) is 125 Å². The number of hydrogen-bond donors (Lipinski definition) is 0. The molecule has 0 unspecified atom stereocenters. The second-order valence-electron chi connectivity index (χ2n) is 12.9. The Morgan fingerprint density at radius 2 is 0.685 bits per heavy atom. The first-order chi connectivity index (χ1) is 26.6. The largest absolute Gasteiger partial charge is 0.463 e. The molecule has 1 heterocycles. The number of imide groups is 1. The predicted octanol–water partition coefficient (Wildman–Crippen LogP) is 5.09. The molecule has 0 saturated heterocycles. The van der Waals surface area contributed by atoms with Gasteiger partial charge < -0.3 is 47.4 Å². The van der Waals surface area contributed by atoms with Gasteiger partial charge in [-0.25, -0.2) is 0 Å². The fraction of sp³-hybridized carbons (Fsp3) is 0.875. The van der Waals surface area contributed by atoms with Gasteiger partial charge in [-0.3, -0.25) is 19.3 Å². The minimum atomic E-state index is -0.307. The molecule has 0 spiro atoms. The summed E-state index contributed by atoms with van der Waals surface area (Å²) < 4.78 is 54.4. The Morgan fingerprint density at radius 1 is 0.407 bits per heavy atom. The Labute approximate surface area is 325 Å². The molecule has 14 heteroatoms. The highest BCUT2D eigenvalue weighted by Gasteiger charge is 2.22. The van der Waals surface area contributed by atoms with Crippen molar-refractivity contribution in [1.82, 2.24) is 4.90 Å². The summed E-state index contributed by atoms with van der Waals surface area (Å²) in [7, 11) is 0. The van der Waals surface area contributed by atoms with E-state index in [1.54, 1.807) is 0 Å². The molecule has 1 aliphatic heterocycles. The van der Waals surface area contributed by atoms with E-state index in [1.807, 2.05) is 0 Å². The average Bonchev–Trinajstić information content (AvgIpc) is 3.49. The molecule has 0 radical (unpaired) electrons. The summed E-state index contributed by atoms with van der Waals surface area (Å²) in [5.74, 6) is -0.753. The quantitative estimate of drug-likeness (QED) is 0.0461. The lowest BCUT2D eigenvalue weighted by atomic mass is 10.0. The van der Waals surface area contributed by atoms with Gasteiger partial charge in [-0.1, -0.05) is 84.0 Å². The second-order valence-corrected chi connectivity index (χ2v) is 12.9. The Morgan fingerprint density at radius 3 is 1.02 bits per heavy atom. The summed E-state index contributed by atoms with van der Waals surface area (Å²) >= 11 is 0. The highest BCUT2D eigenvalue weighted by molar-refractivity contribution is 6.12. The third kappa shape index (κ3) is 34.5. The summed E-state index contributed by atoms with van der Waals surface area (Å²) in [4.78, 5) is 35.8. The van der Waals surface area contributed by atoms with E-state index in [2.05, 4.69) is 6.92 Å². The fourth-order valence-electron chi connectivity index (χ4n) is 5.24. The van der Waals surface area contributed by atoms with E-state index in [0.717, 1.165) is 17.7 Å². The molecular weight excluding hydrogens is 702 g/mol. The first kappa shape index (κ1) is 50.0. The lowest BCUT2D eigenvalue weighted by molar-refractivity contribution is -0.145. The monoisotopic (exact) mass is 776 g/mol. The zero-order valence-electron chi connectivity index (χ0n) is 33.5. The summed E-state index contributed by atoms with van der Waals surface area (Å²) in [6.45, 7) is 10.8. The van der Waals surface area contributed by atoms with Crippen LogP contribution in [-0.2, 0) is 61.8 Å². The number of rotatable bonds is 44. The Bertz CT molecular complexity index is 874. The number of carbonyl (C=O) groups excluding carboxylic acids is 3. The van der Waals surface area contributed by atoms with E-state index in [9.17, 15) is 14.4 Å². The summed E-state index contributed by atoms with van der Waals surface area (Å²) in [5.41, 5.74) is 0. The lowest BCUT2D eigenvalue weighted by Crippen LogP contribution is -2.33. The van der Waals surface area contributed by atoms with Crippen LogP contribution in [0.15, 0.2) is 12.2 Å². The molecule has 0 atom stereocenters. The van der Waals surface area contributed by atoms with Crippen LogP contribution in [0.3, 0.4) is 0 Å². The molecule has 1 rings (SSSR count). The smallest absolute Gasteiger partial charge is 0.305 e. The van der Waals surface area contributed by atoms with E-state index < -0.39 is 0 Å². The molecule has 14 nitrogen and oxygen atoms in total. The van der Waals surface area contributed by atoms with Crippen molar-refractivity contribution in [1.29, 1.82) is 0 Å². The van der Waals surface area contributed by atoms with E-state index in [-0.39, 0.29) is 37.5 Å². The highest BCUT2D eigenvalue weighted by atomic mass is 16.6. The maximum absolute atomic E-state index is 11.9. The van der Waals surface area contributed by atoms with Crippen molar-refractivity contribution in [2.24, 2.45) is 0 Å². The van der Waals surface area contributed by atoms with E-state index in [4.69, 9.17) is 47.4 Å². The number of amides is 2. The Hall–Kier alpha value is -2.01. The van der Waals surface area contributed by atoms with Crippen molar-refractivity contribution in [2.45, 2.75) is 96.8 Å². The van der Waals surface area contributed by atoms with Crippen LogP contribution in [-0.4, -0.2) is 155 Å². The van der Waals surface area contributed by atoms with Crippen LogP contribution in [0.1, 0.15) is 96.8 Å². The normalized spacial score (nSPS) is 12.8. The molecular formula is C40H73NO13. The molecule has 1 aliphatic rings. The molecule has 0 aliphatic carbocycles. The molecule has 0 aromatic heterocycles. The lowest BCUT2D eigenvalue weighted by Gasteiger charge is -2.13. The number of nitrogens with zero attached hydrogens (tertiary/aromatic N) is 1. The number of ether oxygens (including phenoxy) is 10. The van der Waals surface area contributed by atoms with Crippen LogP contribution < -0.4 is 0 Å². The third-order valence-electron chi connectivity index (χ3n) is 8.31. The van der Waals surface area contributed by atoms with E-state index in [1.165, 1.54) is 82.8 Å². The molecule has 0 aromatic rings. The molecule has 0 bridgehead atoms. The van der Waals surface area contributed by atoms with Gasteiger partial charge in [0.15, 0.2) is 0 Å². The van der Waals surface area contributed by atoms with Crippen LogP contribution in [0.25, 0.3) is 0 Å². The van der Waals surface area contributed by atoms with Crippen LogP contribution >= 0.6 is 0 Å². The predicted molar refractivity (Wildman–Crippen MR) is 205 cm³/mol. The molecule has 0 N–H and O–H groups in total. The average molecular weight is 776 g/mol. The zero-order chi connectivity index (χ0) is 38.8. The number of carbonyl (C=O) groups is 3. The van der Waals surface area contributed by atoms with E-state index in [0.29, 0.717) is 119 Å². The van der Waals surface area contributed by atoms with Crippen molar-refractivity contribution in [2.75, 3.05) is 132 Å². The van der Waals surface area contributed by atoms with Gasteiger partial charge in [0.1, 0.15) is 6.61 Å². The maximum Gasteiger partial charge on any atom is 0.305 e. The van der Waals surface area contributed by atoms with E-state index >= 15 is 0 Å². The minimum absolute atomic E-state index is 0.138. The molecule has 2 amide bonds. The van der Waals surface area contributed by atoms with Crippen LogP contribution in [0.4, 0.5) is 0 Å². The topological polar surface area (TPSA) is 147 Å². The molecule has 0 saturated carbocycles. The molecule has 54 heavy (non-hydrogen) atoms. The molecule has 316 valence electrons. The van der Waals surface area contributed by atoms with Gasteiger partial charge in [-0.05, 0) is 6.42 Å². The van der Waals surface area contributed by atoms with Crippen molar-refractivity contribution < 1.29 is 61.8 Å². The summed E-state index contributed by atoms with van der Waals surface area (Å²) in [6.07, 6.45) is 19.8.